The van der Waals surface area contributed by atoms with Gasteiger partial charge in [0.2, 0.25) is 0 Å². The average Bonchev–Trinajstić information content (AvgIpc) is 2.78. The van der Waals surface area contributed by atoms with E-state index < -0.39 is 0 Å². The van der Waals surface area contributed by atoms with Gasteiger partial charge in [-0.1, -0.05) is 36.4 Å². The van der Waals surface area contributed by atoms with Crippen molar-refractivity contribution >= 4 is 27.7 Å². The van der Waals surface area contributed by atoms with Crippen molar-refractivity contribution in [1.82, 2.24) is 20.9 Å². The van der Waals surface area contributed by atoms with Crippen molar-refractivity contribution in [1.29, 1.82) is 0 Å². The smallest absolute Gasteiger partial charge is 0.252 e. The number of para-hydroxylation sites is 2. The highest BCUT2D eigenvalue weighted by molar-refractivity contribution is 6.16. The highest BCUT2D eigenvalue weighted by Crippen LogP contribution is 2.25. The number of nitrogens with two attached hydrogens (primary N) is 1. The summed E-state index contributed by atoms with van der Waals surface area (Å²) in [5.41, 5.74) is 7.89. The maximum atomic E-state index is 13.0. The predicted molar refractivity (Wildman–Crippen MR) is 125 cm³/mol. The van der Waals surface area contributed by atoms with Crippen LogP contribution in [-0.4, -0.2) is 50.2 Å². The van der Waals surface area contributed by atoms with Crippen molar-refractivity contribution in [3.8, 4) is 0 Å². The van der Waals surface area contributed by atoms with Gasteiger partial charge in [0.05, 0.1) is 16.6 Å². The molecule has 160 valence electrons. The van der Waals surface area contributed by atoms with Crippen molar-refractivity contribution in [2.45, 2.75) is 25.7 Å². The lowest BCUT2D eigenvalue weighted by atomic mass is 10.0. The van der Waals surface area contributed by atoms with Gasteiger partial charge in [-0.15, -0.1) is 0 Å². The highest BCUT2D eigenvalue weighted by Gasteiger charge is 2.15. The molecule has 5 N–H and O–H groups in total. The Morgan fingerprint density at radius 3 is 1.90 bits per heavy atom. The predicted octanol–water partition coefficient (Wildman–Crippen LogP) is 2.82. The lowest BCUT2D eigenvalue weighted by molar-refractivity contribution is 0.0956. The molecule has 1 heterocycles. The number of pyridine rings is 1. The first-order valence-electron chi connectivity index (χ1n) is 11.0. The van der Waals surface area contributed by atoms with Crippen LogP contribution in [0.25, 0.3) is 21.8 Å². The van der Waals surface area contributed by atoms with Gasteiger partial charge in [-0.3, -0.25) is 4.79 Å². The fourth-order valence-electron chi connectivity index (χ4n) is 3.57. The summed E-state index contributed by atoms with van der Waals surface area (Å²) in [6.07, 6.45) is 4.14. The number of unbranched alkanes of at least 4 members (excludes halogenated alkanes) is 1. The monoisotopic (exact) mass is 407 g/mol. The molecule has 0 atom stereocenters. The fraction of sp³-hybridized carbons (Fsp3) is 0.417. The quantitative estimate of drug-likeness (QED) is 0.258. The van der Waals surface area contributed by atoms with Gasteiger partial charge in [0.15, 0.2) is 0 Å². The molecule has 30 heavy (non-hydrogen) atoms. The second-order valence-corrected chi connectivity index (χ2v) is 7.48. The van der Waals surface area contributed by atoms with Gasteiger partial charge in [0, 0.05) is 17.3 Å². The molecule has 0 spiro atoms. The minimum Gasteiger partial charge on any atom is -0.352 e. The van der Waals surface area contributed by atoms with Crippen molar-refractivity contribution in [3.63, 3.8) is 0 Å². The standard InChI is InChI=1S/C24H33N5O/c25-13-7-15-27-17-8-16-26-14-5-6-18-28-24(30)23-19-9-1-3-11-21(19)29-22-12-4-2-10-20(22)23/h1-4,9-12,26-27H,5-8,13-18,25H2,(H,28,30). The molecule has 0 aliphatic heterocycles. The SMILES string of the molecule is NCCCNCCCNCCCCNC(=O)c1c2ccccc2nc2ccccc12. The van der Waals surface area contributed by atoms with Gasteiger partial charge in [0.25, 0.3) is 5.91 Å². The molecule has 0 aliphatic carbocycles. The Morgan fingerprint density at radius 1 is 0.733 bits per heavy atom. The number of hydrogen-bond acceptors (Lipinski definition) is 5. The Morgan fingerprint density at radius 2 is 1.27 bits per heavy atom. The molecule has 0 saturated heterocycles. The second-order valence-electron chi connectivity index (χ2n) is 7.48. The maximum absolute atomic E-state index is 13.0. The molecular weight excluding hydrogens is 374 g/mol. The van der Waals surface area contributed by atoms with E-state index >= 15 is 0 Å². The summed E-state index contributed by atoms with van der Waals surface area (Å²) < 4.78 is 0. The average molecular weight is 408 g/mol. The number of benzene rings is 2. The van der Waals surface area contributed by atoms with E-state index in [4.69, 9.17) is 5.73 Å². The summed E-state index contributed by atoms with van der Waals surface area (Å²) in [4.78, 5) is 17.7. The van der Waals surface area contributed by atoms with Gasteiger partial charge in [-0.2, -0.15) is 0 Å². The summed E-state index contributed by atoms with van der Waals surface area (Å²) in [7, 11) is 0. The zero-order valence-corrected chi connectivity index (χ0v) is 17.6. The largest absolute Gasteiger partial charge is 0.352 e. The van der Waals surface area contributed by atoms with Crippen molar-refractivity contribution < 1.29 is 4.79 Å². The van der Waals surface area contributed by atoms with Crippen LogP contribution in [-0.2, 0) is 0 Å². The van der Waals surface area contributed by atoms with Crippen LogP contribution < -0.4 is 21.7 Å². The molecular formula is C24H33N5O. The van der Waals surface area contributed by atoms with Crippen LogP contribution in [0.1, 0.15) is 36.0 Å². The van der Waals surface area contributed by atoms with Crippen LogP contribution >= 0.6 is 0 Å². The third-order valence-electron chi connectivity index (χ3n) is 5.15. The number of nitrogens with one attached hydrogen (secondary N) is 3. The molecule has 0 saturated carbocycles. The normalized spacial score (nSPS) is 11.2. The summed E-state index contributed by atoms with van der Waals surface area (Å²) >= 11 is 0. The molecule has 0 bridgehead atoms. The van der Waals surface area contributed by atoms with Crippen molar-refractivity contribution in [3.05, 3.63) is 54.1 Å². The third kappa shape index (κ3) is 6.23. The zero-order chi connectivity index (χ0) is 21.0. The first-order chi connectivity index (χ1) is 14.8. The lowest BCUT2D eigenvalue weighted by Crippen LogP contribution is -2.27. The summed E-state index contributed by atoms with van der Waals surface area (Å²) in [6, 6.07) is 15.7. The fourth-order valence-corrected chi connectivity index (χ4v) is 3.57. The van der Waals surface area contributed by atoms with E-state index in [1.165, 1.54) is 0 Å². The molecule has 1 amide bonds. The Hall–Kier alpha value is -2.54. The van der Waals surface area contributed by atoms with E-state index in [1.807, 2.05) is 48.5 Å². The number of aromatic nitrogens is 1. The van der Waals surface area contributed by atoms with E-state index in [0.717, 1.165) is 85.8 Å². The minimum absolute atomic E-state index is 0.0266. The van der Waals surface area contributed by atoms with Gasteiger partial charge in [-0.25, -0.2) is 4.98 Å². The van der Waals surface area contributed by atoms with Crippen LogP contribution in [0.2, 0.25) is 0 Å². The molecule has 6 heteroatoms. The molecule has 0 unspecified atom stereocenters. The molecule has 2 aromatic carbocycles. The number of carbonyl (C=O) groups excluding carboxylic acids is 1. The molecule has 0 fully saturated rings. The van der Waals surface area contributed by atoms with Crippen LogP contribution in [0.3, 0.4) is 0 Å². The molecule has 3 aromatic rings. The summed E-state index contributed by atoms with van der Waals surface area (Å²) in [5, 5.41) is 11.7. The second kappa shape index (κ2) is 12.2. The number of amides is 1. The molecule has 1 aromatic heterocycles. The van der Waals surface area contributed by atoms with E-state index in [1.54, 1.807) is 0 Å². The van der Waals surface area contributed by atoms with Gasteiger partial charge < -0.3 is 21.7 Å². The zero-order valence-electron chi connectivity index (χ0n) is 17.6. The van der Waals surface area contributed by atoms with E-state index in [-0.39, 0.29) is 5.91 Å². The maximum Gasteiger partial charge on any atom is 0.252 e. The third-order valence-corrected chi connectivity index (χ3v) is 5.15. The number of nitrogens with zero attached hydrogens (tertiary/aromatic N) is 1. The molecule has 0 radical (unpaired) electrons. The minimum atomic E-state index is -0.0266. The van der Waals surface area contributed by atoms with Gasteiger partial charge in [0.1, 0.15) is 0 Å². The topological polar surface area (TPSA) is 92.1 Å². The number of fused-ring (bicyclic) bond motifs is 2. The van der Waals surface area contributed by atoms with E-state index in [2.05, 4.69) is 20.9 Å². The van der Waals surface area contributed by atoms with Crippen LogP contribution in [0.15, 0.2) is 48.5 Å². The molecule has 6 nitrogen and oxygen atoms in total. The van der Waals surface area contributed by atoms with Crippen molar-refractivity contribution in [2.75, 3.05) is 39.3 Å². The number of rotatable bonds is 13. The summed E-state index contributed by atoms with van der Waals surface area (Å²) in [6.45, 7) is 5.42. The Balaban J connectivity index is 1.43. The Bertz CT molecular complexity index is 889. The van der Waals surface area contributed by atoms with Crippen LogP contribution in [0.5, 0.6) is 0 Å². The highest BCUT2D eigenvalue weighted by atomic mass is 16.1. The lowest BCUT2D eigenvalue weighted by Gasteiger charge is -2.11. The van der Waals surface area contributed by atoms with Crippen molar-refractivity contribution in [2.24, 2.45) is 5.73 Å². The number of hydrogen-bond donors (Lipinski definition) is 4. The molecule has 3 rings (SSSR count). The van der Waals surface area contributed by atoms with Crippen LogP contribution in [0, 0.1) is 0 Å². The van der Waals surface area contributed by atoms with Gasteiger partial charge >= 0.3 is 0 Å². The Labute approximate surface area is 178 Å². The number of carbonyl (C=O) groups is 1. The first kappa shape index (κ1) is 22.2. The van der Waals surface area contributed by atoms with E-state index in [9.17, 15) is 4.79 Å². The summed E-state index contributed by atoms with van der Waals surface area (Å²) in [5.74, 6) is -0.0266. The van der Waals surface area contributed by atoms with E-state index in [0.29, 0.717) is 6.54 Å². The molecule has 0 aliphatic rings. The Kier molecular flexibility index (Phi) is 9.03. The van der Waals surface area contributed by atoms with Crippen LogP contribution in [0.4, 0.5) is 0 Å². The van der Waals surface area contributed by atoms with Gasteiger partial charge in [-0.05, 0) is 70.5 Å². The first-order valence-corrected chi connectivity index (χ1v) is 11.0.